The van der Waals surface area contributed by atoms with E-state index in [0.717, 1.165) is 10.7 Å². The van der Waals surface area contributed by atoms with Crippen LogP contribution >= 0.6 is 11.8 Å². The van der Waals surface area contributed by atoms with Crippen LogP contribution in [0.3, 0.4) is 0 Å². The van der Waals surface area contributed by atoms with Gasteiger partial charge in [-0.15, -0.1) is 0 Å². The predicted molar refractivity (Wildman–Crippen MR) is 79.8 cm³/mol. The van der Waals surface area contributed by atoms with Crippen LogP contribution in [0.4, 0.5) is 0 Å². The van der Waals surface area contributed by atoms with Gasteiger partial charge in [-0.2, -0.15) is 5.26 Å². The molecule has 0 spiro atoms. The lowest BCUT2D eigenvalue weighted by atomic mass is 10.2. The van der Waals surface area contributed by atoms with Crippen LogP contribution in [0.5, 0.6) is 0 Å². The van der Waals surface area contributed by atoms with E-state index in [1.165, 1.54) is 18.1 Å². The molecule has 0 unspecified atom stereocenters. The number of hydrogen-bond donors (Lipinski definition) is 1. The fourth-order valence-electron chi connectivity index (χ4n) is 1.94. The average molecular weight is 297 g/mol. The van der Waals surface area contributed by atoms with Crippen LogP contribution < -0.4 is 5.56 Å². The summed E-state index contributed by atoms with van der Waals surface area (Å²) in [5.74, 6) is 0.709. The first-order valence-corrected chi connectivity index (χ1v) is 7.19. The van der Waals surface area contributed by atoms with Crippen LogP contribution in [0.25, 0.3) is 11.2 Å². The van der Waals surface area contributed by atoms with E-state index >= 15 is 0 Å². The number of aromatic nitrogens is 4. The Hall–Kier alpha value is -2.59. The molecule has 0 fully saturated rings. The highest BCUT2D eigenvalue weighted by molar-refractivity contribution is 7.98. The van der Waals surface area contributed by atoms with Gasteiger partial charge in [-0.3, -0.25) is 4.79 Å². The number of nitrogens with one attached hydrogen (secondary N) is 1. The normalized spacial score (nSPS) is 10.7. The molecule has 21 heavy (non-hydrogen) atoms. The van der Waals surface area contributed by atoms with Crippen molar-refractivity contribution < 1.29 is 0 Å². The molecule has 104 valence electrons. The van der Waals surface area contributed by atoms with E-state index in [0.29, 0.717) is 22.5 Å². The third-order valence-electron chi connectivity index (χ3n) is 3.07. The highest BCUT2D eigenvalue weighted by Crippen LogP contribution is 2.23. The van der Waals surface area contributed by atoms with E-state index in [1.807, 2.05) is 19.2 Å². The number of nitrogens with zero attached hydrogens (tertiary/aromatic N) is 4. The molecule has 0 aliphatic carbocycles. The lowest BCUT2D eigenvalue weighted by Crippen LogP contribution is -2.06. The molecule has 0 amide bonds. The molecular formula is C14H11N5OS. The maximum Gasteiger partial charge on any atom is 0.278 e. The van der Waals surface area contributed by atoms with Gasteiger partial charge in [-0.25, -0.2) is 9.97 Å². The monoisotopic (exact) mass is 297 g/mol. The number of thioether (sulfide) groups is 1. The fraction of sp³-hybridized carbons (Fsp3) is 0.143. The van der Waals surface area contributed by atoms with E-state index in [9.17, 15) is 4.79 Å². The molecule has 1 N–H and O–H groups in total. The Balaban J connectivity index is 1.85. The van der Waals surface area contributed by atoms with Crippen LogP contribution in [0.2, 0.25) is 0 Å². The number of H-pyrrole nitrogens is 1. The Morgan fingerprint density at radius 3 is 2.81 bits per heavy atom. The summed E-state index contributed by atoms with van der Waals surface area (Å²) in [7, 11) is 1.84. The van der Waals surface area contributed by atoms with Crippen molar-refractivity contribution in [3.05, 3.63) is 52.1 Å². The van der Waals surface area contributed by atoms with Crippen LogP contribution in [-0.2, 0) is 12.8 Å². The third kappa shape index (κ3) is 2.53. The molecule has 0 saturated carbocycles. The van der Waals surface area contributed by atoms with E-state index < -0.39 is 0 Å². The maximum atomic E-state index is 11.7. The smallest absolute Gasteiger partial charge is 0.278 e. The zero-order chi connectivity index (χ0) is 14.8. The molecule has 6 nitrogen and oxygen atoms in total. The number of nitriles is 1. The minimum Gasteiger partial charge on any atom is -0.311 e. The van der Waals surface area contributed by atoms with Gasteiger partial charge in [0, 0.05) is 12.8 Å². The zero-order valence-electron chi connectivity index (χ0n) is 11.2. The summed E-state index contributed by atoms with van der Waals surface area (Å²) in [6, 6.07) is 9.50. The Labute approximate surface area is 124 Å². The number of imidazole rings is 1. The van der Waals surface area contributed by atoms with Crippen molar-refractivity contribution >= 4 is 22.9 Å². The zero-order valence-corrected chi connectivity index (χ0v) is 12.0. The van der Waals surface area contributed by atoms with Crippen LogP contribution in [0.15, 0.2) is 40.5 Å². The summed E-state index contributed by atoms with van der Waals surface area (Å²) in [6.45, 7) is 0. The standard InChI is InChI=1S/C14H11N5OS/c1-19-12-11(13(20)17-8-16-12)18-14(19)21-7-10-4-2-9(6-15)3-5-10/h2-5,8H,7H2,1H3,(H,16,17,20). The lowest BCUT2D eigenvalue weighted by Gasteiger charge is -2.02. The molecule has 1 aromatic carbocycles. The predicted octanol–water partition coefficient (Wildman–Crippen LogP) is 1.82. The molecule has 0 bridgehead atoms. The molecular weight excluding hydrogens is 286 g/mol. The van der Waals surface area contributed by atoms with E-state index in [1.54, 1.807) is 16.7 Å². The van der Waals surface area contributed by atoms with Crippen molar-refractivity contribution in [1.82, 2.24) is 19.5 Å². The average Bonchev–Trinajstić information content (AvgIpc) is 2.84. The van der Waals surface area contributed by atoms with Crippen molar-refractivity contribution in [2.45, 2.75) is 10.9 Å². The van der Waals surface area contributed by atoms with Crippen LogP contribution in [0.1, 0.15) is 11.1 Å². The minimum atomic E-state index is -0.235. The second-order valence-corrected chi connectivity index (χ2v) is 5.40. The summed E-state index contributed by atoms with van der Waals surface area (Å²) in [4.78, 5) is 22.7. The van der Waals surface area contributed by atoms with Gasteiger partial charge < -0.3 is 9.55 Å². The molecule has 2 aromatic heterocycles. The van der Waals surface area contributed by atoms with Gasteiger partial charge in [0.1, 0.15) is 0 Å². The molecule has 2 heterocycles. The number of aromatic amines is 1. The summed E-state index contributed by atoms with van der Waals surface area (Å²) in [5.41, 5.74) is 2.42. The van der Waals surface area contributed by atoms with Gasteiger partial charge in [0.05, 0.1) is 18.0 Å². The van der Waals surface area contributed by atoms with Gasteiger partial charge in [-0.05, 0) is 17.7 Å². The van der Waals surface area contributed by atoms with Gasteiger partial charge in [-0.1, -0.05) is 23.9 Å². The second-order valence-electron chi connectivity index (χ2n) is 4.45. The number of aryl methyl sites for hydroxylation is 1. The quantitative estimate of drug-likeness (QED) is 0.745. The lowest BCUT2D eigenvalue weighted by molar-refractivity contribution is 0.805. The fourth-order valence-corrected chi connectivity index (χ4v) is 2.87. The first-order chi connectivity index (χ1) is 10.2. The molecule has 7 heteroatoms. The van der Waals surface area contributed by atoms with E-state index in [4.69, 9.17) is 5.26 Å². The summed E-state index contributed by atoms with van der Waals surface area (Å²) >= 11 is 1.52. The van der Waals surface area contributed by atoms with E-state index in [2.05, 4.69) is 21.0 Å². The van der Waals surface area contributed by atoms with Gasteiger partial charge in [0.2, 0.25) is 0 Å². The SMILES string of the molecule is Cn1c(SCc2ccc(C#N)cc2)nc2c(=O)[nH]cnc21. The number of benzene rings is 1. The third-order valence-corrected chi connectivity index (χ3v) is 4.17. The summed E-state index contributed by atoms with van der Waals surface area (Å²) in [6.07, 6.45) is 1.38. The number of hydrogen-bond acceptors (Lipinski definition) is 5. The topological polar surface area (TPSA) is 87.4 Å². The number of fused-ring (bicyclic) bond motifs is 1. The highest BCUT2D eigenvalue weighted by Gasteiger charge is 2.11. The van der Waals surface area contributed by atoms with Crippen molar-refractivity contribution in [1.29, 1.82) is 5.26 Å². The molecule has 3 aromatic rings. The van der Waals surface area contributed by atoms with Crippen molar-refractivity contribution in [2.75, 3.05) is 0 Å². The Bertz CT molecular complexity index is 888. The molecule has 0 aliphatic heterocycles. The van der Waals surface area contributed by atoms with Gasteiger partial charge in [0.25, 0.3) is 5.56 Å². The Kier molecular flexibility index (Phi) is 3.46. The van der Waals surface area contributed by atoms with Crippen molar-refractivity contribution in [2.24, 2.45) is 7.05 Å². The van der Waals surface area contributed by atoms with Gasteiger partial charge in [0.15, 0.2) is 16.3 Å². The van der Waals surface area contributed by atoms with Crippen molar-refractivity contribution in [3.63, 3.8) is 0 Å². The second kappa shape index (κ2) is 5.42. The minimum absolute atomic E-state index is 0.235. The molecule has 0 atom stereocenters. The largest absolute Gasteiger partial charge is 0.311 e. The van der Waals surface area contributed by atoms with Crippen LogP contribution in [-0.4, -0.2) is 19.5 Å². The Morgan fingerprint density at radius 1 is 1.38 bits per heavy atom. The summed E-state index contributed by atoms with van der Waals surface area (Å²) < 4.78 is 1.80. The summed E-state index contributed by atoms with van der Waals surface area (Å²) in [5, 5.41) is 9.51. The highest BCUT2D eigenvalue weighted by atomic mass is 32.2. The molecule has 0 radical (unpaired) electrons. The van der Waals surface area contributed by atoms with Crippen LogP contribution in [0, 0.1) is 11.3 Å². The first kappa shape index (κ1) is 13.4. The first-order valence-electron chi connectivity index (χ1n) is 6.21. The number of rotatable bonds is 3. The Morgan fingerprint density at radius 2 is 2.14 bits per heavy atom. The van der Waals surface area contributed by atoms with Gasteiger partial charge >= 0.3 is 0 Å². The maximum absolute atomic E-state index is 11.7. The molecule has 0 aliphatic rings. The van der Waals surface area contributed by atoms with E-state index in [-0.39, 0.29) is 5.56 Å². The molecule has 3 rings (SSSR count). The molecule has 0 saturated heterocycles. The van der Waals surface area contributed by atoms with Crippen molar-refractivity contribution in [3.8, 4) is 6.07 Å².